The first kappa shape index (κ1) is 19.0. The summed E-state index contributed by atoms with van der Waals surface area (Å²) >= 11 is 3.43. The van der Waals surface area contributed by atoms with Gasteiger partial charge in [-0.3, -0.25) is 10.1 Å². The van der Waals surface area contributed by atoms with Gasteiger partial charge in [-0.15, -0.1) is 0 Å². The van der Waals surface area contributed by atoms with Crippen LogP contribution in [0.5, 0.6) is 5.75 Å². The van der Waals surface area contributed by atoms with Crippen LogP contribution >= 0.6 is 15.9 Å². The Balaban J connectivity index is 1.75. The molecule has 0 saturated heterocycles. The lowest BCUT2D eigenvalue weighted by molar-refractivity contribution is -0.119. The Morgan fingerprint density at radius 1 is 1.32 bits per heavy atom. The maximum atomic E-state index is 11.8. The van der Waals surface area contributed by atoms with E-state index in [4.69, 9.17) is 9.15 Å². The number of amides is 3. The van der Waals surface area contributed by atoms with Gasteiger partial charge in [-0.05, 0) is 52.7 Å². The van der Waals surface area contributed by atoms with Crippen LogP contribution in [0.15, 0.2) is 45.5 Å². The normalized spacial score (nSPS) is 11.6. The molecule has 7 nitrogen and oxygen atoms in total. The molecule has 2 rings (SSSR count). The van der Waals surface area contributed by atoms with Gasteiger partial charge in [0.15, 0.2) is 0 Å². The zero-order chi connectivity index (χ0) is 18.2. The Morgan fingerprint density at radius 3 is 2.76 bits per heavy atom. The summed E-state index contributed by atoms with van der Waals surface area (Å²) in [6, 6.07) is 8.50. The fraction of sp³-hybridized carbons (Fsp3) is 0.294. The molecule has 1 atom stereocenters. The van der Waals surface area contributed by atoms with Gasteiger partial charge in [0.1, 0.15) is 11.5 Å². The van der Waals surface area contributed by atoms with Gasteiger partial charge in [0.05, 0.1) is 30.9 Å². The van der Waals surface area contributed by atoms with E-state index in [0.29, 0.717) is 5.76 Å². The van der Waals surface area contributed by atoms with Crippen molar-refractivity contribution in [3.8, 4) is 5.75 Å². The topological polar surface area (TPSA) is 92.6 Å². The Kier molecular flexibility index (Phi) is 7.03. The molecule has 134 valence electrons. The van der Waals surface area contributed by atoms with E-state index in [2.05, 4.69) is 31.9 Å². The maximum absolute atomic E-state index is 11.8. The first-order chi connectivity index (χ1) is 12.0. The monoisotopic (exact) mass is 409 g/mol. The van der Waals surface area contributed by atoms with Crippen molar-refractivity contribution >= 4 is 27.9 Å². The maximum Gasteiger partial charge on any atom is 0.321 e. The van der Waals surface area contributed by atoms with Gasteiger partial charge < -0.3 is 19.8 Å². The molecule has 0 unspecified atom stereocenters. The van der Waals surface area contributed by atoms with Crippen LogP contribution in [0.4, 0.5) is 4.79 Å². The second-order valence-electron chi connectivity index (χ2n) is 5.31. The van der Waals surface area contributed by atoms with Gasteiger partial charge in [0, 0.05) is 6.04 Å². The molecule has 0 aliphatic carbocycles. The van der Waals surface area contributed by atoms with Gasteiger partial charge in [-0.1, -0.05) is 6.07 Å². The molecule has 0 radical (unpaired) electrons. The number of hydrogen-bond acceptors (Lipinski definition) is 5. The molecule has 0 saturated carbocycles. The number of methoxy groups -OCH3 is 1. The number of urea groups is 1. The van der Waals surface area contributed by atoms with Crippen molar-refractivity contribution in [2.75, 3.05) is 13.7 Å². The number of imide groups is 1. The van der Waals surface area contributed by atoms with E-state index in [-0.39, 0.29) is 19.1 Å². The third-order valence-electron chi connectivity index (χ3n) is 3.50. The second kappa shape index (κ2) is 9.24. The Labute approximate surface area is 154 Å². The number of furan rings is 1. The highest BCUT2D eigenvalue weighted by Crippen LogP contribution is 2.27. The molecule has 3 N–H and O–H groups in total. The summed E-state index contributed by atoms with van der Waals surface area (Å²) in [5.74, 6) is 0.928. The molecule has 2 aromatic rings. The number of rotatable bonds is 7. The molecule has 25 heavy (non-hydrogen) atoms. The molecule has 0 aliphatic heterocycles. The second-order valence-corrected chi connectivity index (χ2v) is 6.16. The zero-order valence-corrected chi connectivity index (χ0v) is 15.6. The van der Waals surface area contributed by atoms with E-state index in [1.54, 1.807) is 19.2 Å². The van der Waals surface area contributed by atoms with Crippen LogP contribution in [-0.4, -0.2) is 25.6 Å². The number of benzene rings is 1. The van der Waals surface area contributed by atoms with Crippen molar-refractivity contribution in [2.24, 2.45) is 0 Å². The summed E-state index contributed by atoms with van der Waals surface area (Å²) in [6.45, 7) is 2.16. The minimum atomic E-state index is -0.567. The van der Waals surface area contributed by atoms with E-state index in [1.807, 2.05) is 25.1 Å². The molecular weight excluding hydrogens is 390 g/mol. The zero-order valence-electron chi connectivity index (χ0n) is 14.0. The van der Waals surface area contributed by atoms with Crippen LogP contribution in [0, 0.1) is 0 Å². The SMILES string of the molecule is COc1ccc([C@H](C)NCC(=O)NC(=O)NCc2ccco2)cc1Br. The highest BCUT2D eigenvalue weighted by molar-refractivity contribution is 9.10. The van der Waals surface area contributed by atoms with E-state index in [0.717, 1.165) is 15.8 Å². The van der Waals surface area contributed by atoms with Crippen LogP contribution in [0.2, 0.25) is 0 Å². The lowest BCUT2D eigenvalue weighted by Crippen LogP contribution is -2.43. The van der Waals surface area contributed by atoms with Crippen LogP contribution in [0.3, 0.4) is 0 Å². The molecule has 0 aliphatic rings. The summed E-state index contributed by atoms with van der Waals surface area (Å²) < 4.78 is 11.1. The van der Waals surface area contributed by atoms with E-state index < -0.39 is 11.9 Å². The molecule has 0 fully saturated rings. The number of carbonyl (C=O) groups is 2. The third-order valence-corrected chi connectivity index (χ3v) is 4.12. The number of ether oxygens (including phenoxy) is 1. The van der Waals surface area contributed by atoms with Gasteiger partial charge in [0.25, 0.3) is 0 Å². The van der Waals surface area contributed by atoms with Crippen molar-refractivity contribution < 1.29 is 18.7 Å². The summed E-state index contributed by atoms with van der Waals surface area (Å²) in [7, 11) is 1.60. The average molecular weight is 410 g/mol. The molecule has 1 aromatic heterocycles. The smallest absolute Gasteiger partial charge is 0.321 e. The molecule has 1 heterocycles. The predicted octanol–water partition coefficient (Wildman–Crippen LogP) is 2.73. The Morgan fingerprint density at radius 2 is 2.12 bits per heavy atom. The first-order valence-electron chi connectivity index (χ1n) is 7.66. The van der Waals surface area contributed by atoms with Crippen LogP contribution in [0.25, 0.3) is 0 Å². The van der Waals surface area contributed by atoms with Gasteiger partial charge in [-0.25, -0.2) is 4.79 Å². The van der Waals surface area contributed by atoms with Gasteiger partial charge in [-0.2, -0.15) is 0 Å². The first-order valence-corrected chi connectivity index (χ1v) is 8.45. The quantitative estimate of drug-likeness (QED) is 0.653. The predicted molar refractivity (Wildman–Crippen MR) is 96.2 cm³/mol. The van der Waals surface area contributed by atoms with Crippen molar-refractivity contribution in [1.29, 1.82) is 0 Å². The molecule has 0 bridgehead atoms. The van der Waals surface area contributed by atoms with Crippen LogP contribution in [0.1, 0.15) is 24.3 Å². The number of hydrogen-bond donors (Lipinski definition) is 3. The summed E-state index contributed by atoms with van der Waals surface area (Å²) in [5.41, 5.74) is 0.989. The van der Waals surface area contributed by atoms with Crippen molar-refractivity contribution in [1.82, 2.24) is 16.0 Å². The van der Waals surface area contributed by atoms with Crippen LogP contribution in [-0.2, 0) is 11.3 Å². The lowest BCUT2D eigenvalue weighted by atomic mass is 10.1. The summed E-state index contributed by atoms with van der Waals surface area (Å²) in [5, 5.41) is 7.87. The standard InChI is InChI=1S/C17H20BrN3O4/c1-11(12-5-6-15(24-2)14(18)8-12)19-10-16(22)21-17(23)20-9-13-4-3-7-25-13/h3-8,11,19H,9-10H2,1-2H3,(H2,20,21,22,23)/t11-/m0/s1. The molecule has 3 amide bonds. The van der Waals surface area contributed by atoms with E-state index >= 15 is 0 Å². The Bertz CT molecular complexity index is 719. The molecule has 8 heteroatoms. The summed E-state index contributed by atoms with van der Waals surface area (Å²) in [4.78, 5) is 23.5. The van der Waals surface area contributed by atoms with E-state index in [1.165, 1.54) is 6.26 Å². The van der Waals surface area contributed by atoms with Crippen molar-refractivity contribution in [3.05, 3.63) is 52.4 Å². The van der Waals surface area contributed by atoms with Gasteiger partial charge >= 0.3 is 6.03 Å². The fourth-order valence-electron chi connectivity index (χ4n) is 2.11. The highest BCUT2D eigenvalue weighted by atomic mass is 79.9. The largest absolute Gasteiger partial charge is 0.496 e. The van der Waals surface area contributed by atoms with Crippen molar-refractivity contribution in [2.45, 2.75) is 19.5 Å². The minimum absolute atomic E-state index is 0.0129. The number of halogens is 1. The highest BCUT2D eigenvalue weighted by Gasteiger charge is 2.12. The lowest BCUT2D eigenvalue weighted by Gasteiger charge is -2.15. The Hall–Kier alpha value is -2.32. The van der Waals surface area contributed by atoms with Gasteiger partial charge in [0.2, 0.25) is 5.91 Å². The number of nitrogens with one attached hydrogen (secondary N) is 3. The fourth-order valence-corrected chi connectivity index (χ4v) is 2.67. The summed E-state index contributed by atoms with van der Waals surface area (Å²) in [6.07, 6.45) is 1.52. The minimum Gasteiger partial charge on any atom is -0.496 e. The van der Waals surface area contributed by atoms with Crippen LogP contribution < -0.4 is 20.7 Å². The van der Waals surface area contributed by atoms with Crippen molar-refractivity contribution in [3.63, 3.8) is 0 Å². The third kappa shape index (κ3) is 5.91. The molecular formula is C17H20BrN3O4. The molecule has 1 aromatic carbocycles. The van der Waals surface area contributed by atoms with E-state index in [9.17, 15) is 9.59 Å². The number of carbonyl (C=O) groups excluding carboxylic acids is 2. The average Bonchev–Trinajstić information content (AvgIpc) is 3.11. The molecule has 0 spiro atoms.